The molecule has 0 amide bonds. The number of rotatable bonds is 4. The van der Waals surface area contributed by atoms with Crippen LogP contribution >= 0.6 is 23.2 Å². The molecule has 0 N–H and O–H groups in total. The van der Waals surface area contributed by atoms with E-state index in [1.54, 1.807) is 33.0 Å². The highest BCUT2D eigenvalue weighted by Crippen LogP contribution is 2.29. The van der Waals surface area contributed by atoms with Crippen LogP contribution in [-0.4, -0.2) is 21.5 Å². The predicted octanol–water partition coefficient (Wildman–Crippen LogP) is 3.75. The van der Waals surface area contributed by atoms with Crippen molar-refractivity contribution in [2.24, 2.45) is 7.05 Å². The molecule has 120 valence electrons. The summed E-state index contributed by atoms with van der Waals surface area (Å²) in [5, 5.41) is 4.79. The van der Waals surface area contributed by atoms with Gasteiger partial charge >= 0.3 is 5.97 Å². The van der Waals surface area contributed by atoms with Gasteiger partial charge in [0.1, 0.15) is 5.56 Å². The van der Waals surface area contributed by atoms with E-state index in [1.165, 1.54) is 22.9 Å². The summed E-state index contributed by atoms with van der Waals surface area (Å²) in [6.07, 6.45) is 2.80. The van der Waals surface area contributed by atoms with Crippen molar-refractivity contribution in [3.8, 4) is 5.88 Å². The lowest BCUT2D eigenvalue weighted by atomic mass is 10.0. The quantitative estimate of drug-likeness (QED) is 0.477. The van der Waals surface area contributed by atoms with E-state index in [0.29, 0.717) is 10.7 Å². The number of allylic oxidation sites excluding steroid dienone is 1. The molecule has 7 heteroatoms. The Labute approximate surface area is 143 Å². The molecule has 0 bridgehead atoms. The van der Waals surface area contributed by atoms with Gasteiger partial charge in [-0.05, 0) is 32.0 Å². The standard InChI is InChI=1S/C16H14Cl2N2O3/c1-4-5-13(21)23-16-14(9(2)19-20(16)3)15(22)11-7-6-10(17)8-12(11)18/h4-8H,1-3H3. The monoisotopic (exact) mass is 352 g/mol. The Balaban J connectivity index is 2.50. The number of esters is 1. The average Bonchev–Trinajstić information content (AvgIpc) is 2.73. The van der Waals surface area contributed by atoms with Gasteiger partial charge in [0.15, 0.2) is 0 Å². The second-order valence-electron chi connectivity index (χ2n) is 4.76. The minimum atomic E-state index is -0.591. The molecule has 0 unspecified atom stereocenters. The maximum Gasteiger partial charge on any atom is 0.337 e. The Morgan fingerprint density at radius 1 is 1.30 bits per heavy atom. The van der Waals surface area contributed by atoms with Crippen molar-refractivity contribution in [2.45, 2.75) is 13.8 Å². The predicted molar refractivity (Wildman–Crippen MR) is 88.3 cm³/mol. The molecule has 0 saturated heterocycles. The number of hydrogen-bond donors (Lipinski definition) is 0. The van der Waals surface area contributed by atoms with E-state index >= 15 is 0 Å². The Morgan fingerprint density at radius 3 is 2.61 bits per heavy atom. The third kappa shape index (κ3) is 3.63. The first-order valence-corrected chi connectivity index (χ1v) is 7.48. The van der Waals surface area contributed by atoms with Gasteiger partial charge in [-0.25, -0.2) is 9.48 Å². The van der Waals surface area contributed by atoms with Gasteiger partial charge in [-0.1, -0.05) is 29.3 Å². The first kappa shape index (κ1) is 17.2. The lowest BCUT2D eigenvalue weighted by molar-refractivity contribution is -0.129. The maximum atomic E-state index is 12.8. The first-order valence-electron chi connectivity index (χ1n) is 6.73. The molecular formula is C16H14Cl2N2O3. The largest absolute Gasteiger partial charge is 0.404 e. The molecule has 0 aliphatic carbocycles. The fourth-order valence-electron chi connectivity index (χ4n) is 2.09. The molecule has 0 radical (unpaired) electrons. The number of halogens is 2. The van der Waals surface area contributed by atoms with Crippen LogP contribution in [0.4, 0.5) is 0 Å². The number of hydrogen-bond acceptors (Lipinski definition) is 4. The Morgan fingerprint density at radius 2 is 2.00 bits per heavy atom. The van der Waals surface area contributed by atoms with E-state index in [1.807, 2.05) is 0 Å². The lowest BCUT2D eigenvalue weighted by Crippen LogP contribution is -2.12. The summed E-state index contributed by atoms with van der Waals surface area (Å²) in [6, 6.07) is 4.57. The van der Waals surface area contributed by atoms with Crippen molar-refractivity contribution in [2.75, 3.05) is 0 Å². The second-order valence-corrected chi connectivity index (χ2v) is 5.61. The first-order chi connectivity index (χ1) is 10.8. The highest BCUT2D eigenvalue weighted by molar-refractivity contribution is 6.37. The lowest BCUT2D eigenvalue weighted by Gasteiger charge is -2.07. The van der Waals surface area contributed by atoms with Crippen LogP contribution in [0.1, 0.15) is 28.5 Å². The van der Waals surface area contributed by atoms with Crippen LogP contribution in [0.5, 0.6) is 5.88 Å². The Bertz CT molecular complexity index is 810. The van der Waals surface area contributed by atoms with E-state index in [0.717, 1.165) is 0 Å². The van der Waals surface area contributed by atoms with Gasteiger partial charge in [-0.15, -0.1) is 0 Å². The highest BCUT2D eigenvalue weighted by Gasteiger charge is 2.25. The van der Waals surface area contributed by atoms with Crippen molar-refractivity contribution >= 4 is 35.0 Å². The van der Waals surface area contributed by atoms with E-state index in [9.17, 15) is 9.59 Å². The molecule has 5 nitrogen and oxygen atoms in total. The number of aromatic nitrogens is 2. The zero-order chi connectivity index (χ0) is 17.1. The highest BCUT2D eigenvalue weighted by atomic mass is 35.5. The van der Waals surface area contributed by atoms with Crippen LogP contribution in [0.2, 0.25) is 10.0 Å². The molecule has 0 spiro atoms. The number of nitrogens with zero attached hydrogens (tertiary/aromatic N) is 2. The summed E-state index contributed by atoms with van der Waals surface area (Å²) in [5.41, 5.74) is 0.886. The maximum absolute atomic E-state index is 12.8. The van der Waals surface area contributed by atoms with Gasteiger partial charge in [0.25, 0.3) is 0 Å². The van der Waals surface area contributed by atoms with Crippen molar-refractivity contribution < 1.29 is 14.3 Å². The van der Waals surface area contributed by atoms with E-state index < -0.39 is 5.97 Å². The summed E-state index contributed by atoms with van der Waals surface area (Å²) in [6.45, 7) is 3.35. The Kier molecular flexibility index (Phi) is 5.23. The molecule has 0 fully saturated rings. The smallest absolute Gasteiger partial charge is 0.337 e. The van der Waals surface area contributed by atoms with Crippen molar-refractivity contribution in [3.63, 3.8) is 0 Å². The molecule has 1 heterocycles. The fraction of sp³-hybridized carbons (Fsp3) is 0.188. The van der Waals surface area contributed by atoms with Crippen LogP contribution in [-0.2, 0) is 11.8 Å². The second kappa shape index (κ2) is 6.98. The minimum absolute atomic E-state index is 0.0709. The topological polar surface area (TPSA) is 61.2 Å². The summed E-state index contributed by atoms with van der Waals surface area (Å²) in [4.78, 5) is 24.5. The molecule has 0 saturated carbocycles. The van der Waals surface area contributed by atoms with Crippen LogP contribution in [0.15, 0.2) is 30.4 Å². The number of ketones is 1. The molecule has 0 aliphatic heterocycles. The van der Waals surface area contributed by atoms with Gasteiger partial charge in [0, 0.05) is 23.7 Å². The van der Waals surface area contributed by atoms with Gasteiger partial charge in [-0.3, -0.25) is 4.79 Å². The third-order valence-corrected chi connectivity index (χ3v) is 3.62. The normalized spacial score (nSPS) is 11.0. The van der Waals surface area contributed by atoms with Crippen LogP contribution in [0, 0.1) is 6.92 Å². The zero-order valence-corrected chi connectivity index (χ0v) is 14.3. The fourth-order valence-corrected chi connectivity index (χ4v) is 2.58. The molecule has 1 aromatic heterocycles. The number of carbonyl (C=O) groups excluding carboxylic acids is 2. The Hall–Kier alpha value is -2.11. The summed E-state index contributed by atoms with van der Waals surface area (Å²) < 4.78 is 6.57. The van der Waals surface area contributed by atoms with Crippen LogP contribution < -0.4 is 4.74 Å². The molecule has 0 atom stereocenters. The SMILES string of the molecule is CC=CC(=O)Oc1c(C(=O)c2ccc(Cl)cc2Cl)c(C)nn1C. The molecular weight excluding hydrogens is 339 g/mol. The zero-order valence-electron chi connectivity index (χ0n) is 12.8. The molecule has 2 aromatic rings. The summed E-state index contributed by atoms with van der Waals surface area (Å²) in [7, 11) is 1.59. The molecule has 2 rings (SSSR count). The summed E-state index contributed by atoms with van der Waals surface area (Å²) >= 11 is 11.9. The third-order valence-electron chi connectivity index (χ3n) is 3.07. The van der Waals surface area contributed by atoms with Crippen LogP contribution in [0.25, 0.3) is 0 Å². The van der Waals surface area contributed by atoms with Gasteiger partial charge in [0.05, 0.1) is 10.7 Å². The van der Waals surface area contributed by atoms with Crippen molar-refractivity contribution in [1.82, 2.24) is 9.78 Å². The van der Waals surface area contributed by atoms with Crippen LogP contribution in [0.3, 0.4) is 0 Å². The van der Waals surface area contributed by atoms with Crippen molar-refractivity contribution in [1.29, 1.82) is 0 Å². The van der Waals surface area contributed by atoms with E-state index in [4.69, 9.17) is 27.9 Å². The van der Waals surface area contributed by atoms with E-state index in [-0.39, 0.29) is 27.8 Å². The molecule has 1 aromatic carbocycles. The summed E-state index contributed by atoms with van der Waals surface area (Å²) in [5.74, 6) is -0.908. The number of benzene rings is 1. The number of carbonyl (C=O) groups is 2. The average molecular weight is 353 g/mol. The number of ether oxygens (including phenoxy) is 1. The number of aryl methyl sites for hydroxylation is 2. The van der Waals surface area contributed by atoms with Gasteiger partial charge < -0.3 is 4.74 Å². The minimum Gasteiger partial charge on any atom is -0.404 e. The van der Waals surface area contributed by atoms with E-state index in [2.05, 4.69) is 5.10 Å². The van der Waals surface area contributed by atoms with Crippen molar-refractivity contribution in [3.05, 3.63) is 57.2 Å². The molecule has 23 heavy (non-hydrogen) atoms. The van der Waals surface area contributed by atoms with Gasteiger partial charge in [0.2, 0.25) is 11.7 Å². The molecule has 0 aliphatic rings. The van der Waals surface area contributed by atoms with Gasteiger partial charge in [-0.2, -0.15) is 5.10 Å².